The number of hydrogen-bond donors (Lipinski definition) is 2. The Balaban J connectivity index is 0.00000242. The van der Waals surface area contributed by atoms with Gasteiger partial charge in [0, 0.05) is 20.1 Å². The van der Waals surface area contributed by atoms with Gasteiger partial charge in [0.2, 0.25) is 0 Å². The van der Waals surface area contributed by atoms with Crippen molar-refractivity contribution in [3.05, 3.63) is 11.6 Å². The zero-order valence-electron chi connectivity index (χ0n) is 14.3. The topological polar surface area (TPSA) is 67.1 Å². The van der Waals surface area contributed by atoms with E-state index in [-0.39, 0.29) is 24.0 Å². The third-order valence-corrected chi connectivity index (χ3v) is 4.50. The highest BCUT2D eigenvalue weighted by Gasteiger charge is 2.27. The first-order chi connectivity index (χ1) is 9.91. The largest absolute Gasteiger partial charge is 0.354 e. The Bertz CT molecular complexity index is 498. The molecule has 126 valence electrons. The van der Waals surface area contributed by atoms with E-state index in [0.29, 0.717) is 18.0 Å². The van der Waals surface area contributed by atoms with Gasteiger partial charge in [0.25, 0.3) is 0 Å². The van der Waals surface area contributed by atoms with E-state index in [1.807, 2.05) is 25.6 Å². The second-order valence-corrected chi connectivity index (χ2v) is 6.73. The first-order valence-electron chi connectivity index (χ1n) is 7.73. The van der Waals surface area contributed by atoms with Crippen LogP contribution in [-0.2, 0) is 13.6 Å². The molecular weight excluding hydrogens is 391 g/mol. The summed E-state index contributed by atoms with van der Waals surface area (Å²) in [6.45, 7) is 7.29. The fourth-order valence-corrected chi connectivity index (χ4v) is 2.70. The van der Waals surface area contributed by atoms with Crippen LogP contribution in [0.2, 0.25) is 0 Å². The third-order valence-electron chi connectivity index (χ3n) is 4.50. The average molecular weight is 420 g/mol. The molecule has 0 radical (unpaired) electrons. The molecule has 0 atom stereocenters. The zero-order chi connectivity index (χ0) is 15.5. The van der Waals surface area contributed by atoms with Crippen molar-refractivity contribution in [1.82, 2.24) is 25.4 Å². The van der Waals surface area contributed by atoms with Gasteiger partial charge in [-0.05, 0) is 38.0 Å². The third kappa shape index (κ3) is 5.10. The Kier molecular flexibility index (Phi) is 7.08. The molecule has 0 bridgehead atoms. The van der Waals surface area contributed by atoms with Gasteiger partial charge in [0.1, 0.15) is 5.82 Å². The summed E-state index contributed by atoms with van der Waals surface area (Å²) in [7, 11) is 3.79. The molecule has 1 aliphatic rings. The van der Waals surface area contributed by atoms with Crippen molar-refractivity contribution in [2.45, 2.75) is 59.0 Å². The summed E-state index contributed by atoms with van der Waals surface area (Å²) in [6, 6.07) is 0.519. The molecule has 6 nitrogen and oxygen atoms in total. The fourth-order valence-electron chi connectivity index (χ4n) is 2.70. The minimum Gasteiger partial charge on any atom is -0.354 e. The minimum atomic E-state index is 0. The van der Waals surface area contributed by atoms with Gasteiger partial charge in [-0.15, -0.1) is 34.2 Å². The van der Waals surface area contributed by atoms with Crippen LogP contribution in [0.4, 0.5) is 0 Å². The highest BCUT2D eigenvalue weighted by atomic mass is 127. The van der Waals surface area contributed by atoms with E-state index in [9.17, 15) is 0 Å². The molecule has 1 heterocycles. The molecule has 0 amide bonds. The van der Waals surface area contributed by atoms with Gasteiger partial charge in [0.05, 0.1) is 6.54 Å². The Morgan fingerprint density at radius 2 is 1.95 bits per heavy atom. The lowest BCUT2D eigenvalue weighted by molar-refractivity contribution is 0.216. The molecule has 2 rings (SSSR count). The van der Waals surface area contributed by atoms with Crippen LogP contribution in [0.15, 0.2) is 4.99 Å². The number of aromatic nitrogens is 3. The molecule has 0 saturated heterocycles. The van der Waals surface area contributed by atoms with Crippen molar-refractivity contribution >= 4 is 29.9 Å². The predicted molar refractivity (Wildman–Crippen MR) is 101 cm³/mol. The standard InChI is InChI=1S/C15H28N6.HI/c1-11-19-20-13(21(11)5)10-17-14(16-4)18-12-6-8-15(2,3)9-7-12;/h12H,6-10H2,1-5H3,(H2,16,17,18);1H. The lowest BCUT2D eigenvalue weighted by atomic mass is 9.75. The quantitative estimate of drug-likeness (QED) is 0.448. The second kappa shape index (κ2) is 8.12. The Hall–Kier alpha value is -0.860. The number of halogens is 1. The number of nitrogens with zero attached hydrogens (tertiary/aromatic N) is 4. The van der Waals surface area contributed by atoms with Crippen LogP contribution in [0, 0.1) is 12.3 Å². The monoisotopic (exact) mass is 420 g/mol. The summed E-state index contributed by atoms with van der Waals surface area (Å²) in [6.07, 6.45) is 4.95. The number of rotatable bonds is 3. The molecule has 1 fully saturated rings. The summed E-state index contributed by atoms with van der Waals surface area (Å²) in [5.74, 6) is 2.69. The van der Waals surface area contributed by atoms with E-state index in [1.54, 1.807) is 0 Å². The van der Waals surface area contributed by atoms with Gasteiger partial charge in [-0.25, -0.2) is 0 Å². The maximum absolute atomic E-state index is 4.31. The molecule has 1 aromatic rings. The number of guanidine groups is 1. The van der Waals surface area contributed by atoms with Gasteiger partial charge in [0.15, 0.2) is 11.8 Å². The zero-order valence-corrected chi connectivity index (χ0v) is 16.6. The molecule has 0 spiro atoms. The van der Waals surface area contributed by atoms with Gasteiger partial charge >= 0.3 is 0 Å². The van der Waals surface area contributed by atoms with Crippen LogP contribution in [0.3, 0.4) is 0 Å². The van der Waals surface area contributed by atoms with Crippen LogP contribution in [0.1, 0.15) is 51.2 Å². The van der Waals surface area contributed by atoms with E-state index < -0.39 is 0 Å². The first kappa shape index (κ1) is 19.2. The molecule has 1 aromatic heterocycles. The van der Waals surface area contributed by atoms with E-state index in [2.05, 4.69) is 39.7 Å². The van der Waals surface area contributed by atoms with Crippen molar-refractivity contribution < 1.29 is 0 Å². The first-order valence-corrected chi connectivity index (χ1v) is 7.73. The van der Waals surface area contributed by atoms with Crippen LogP contribution in [-0.4, -0.2) is 33.8 Å². The minimum absolute atomic E-state index is 0. The van der Waals surface area contributed by atoms with E-state index in [4.69, 9.17) is 0 Å². The highest BCUT2D eigenvalue weighted by molar-refractivity contribution is 14.0. The molecule has 22 heavy (non-hydrogen) atoms. The normalized spacial score (nSPS) is 18.7. The fraction of sp³-hybridized carbons (Fsp3) is 0.800. The maximum atomic E-state index is 4.31. The van der Waals surface area contributed by atoms with E-state index >= 15 is 0 Å². The molecule has 1 aliphatic carbocycles. The van der Waals surface area contributed by atoms with Crippen LogP contribution >= 0.6 is 24.0 Å². The number of aryl methyl sites for hydroxylation is 1. The molecule has 0 aliphatic heterocycles. The van der Waals surface area contributed by atoms with Crippen LogP contribution in [0.25, 0.3) is 0 Å². The Morgan fingerprint density at radius 1 is 1.32 bits per heavy atom. The van der Waals surface area contributed by atoms with Crippen molar-refractivity contribution in [2.75, 3.05) is 7.05 Å². The summed E-state index contributed by atoms with van der Waals surface area (Å²) in [5, 5.41) is 15.1. The van der Waals surface area contributed by atoms with Crippen LogP contribution < -0.4 is 10.6 Å². The molecule has 1 saturated carbocycles. The van der Waals surface area contributed by atoms with Gasteiger partial charge < -0.3 is 15.2 Å². The second-order valence-electron chi connectivity index (χ2n) is 6.73. The summed E-state index contributed by atoms with van der Waals surface area (Å²) in [5.41, 5.74) is 0.491. The lowest BCUT2D eigenvalue weighted by Gasteiger charge is -2.35. The average Bonchev–Trinajstić information content (AvgIpc) is 2.77. The number of hydrogen-bond acceptors (Lipinski definition) is 3. The smallest absolute Gasteiger partial charge is 0.191 e. The highest BCUT2D eigenvalue weighted by Crippen LogP contribution is 2.34. The van der Waals surface area contributed by atoms with Gasteiger partial charge in [-0.3, -0.25) is 4.99 Å². The van der Waals surface area contributed by atoms with Crippen molar-refractivity contribution in [1.29, 1.82) is 0 Å². The molecule has 0 aromatic carbocycles. The van der Waals surface area contributed by atoms with E-state index in [1.165, 1.54) is 25.7 Å². The number of aliphatic imine (C=N–C) groups is 1. The van der Waals surface area contributed by atoms with E-state index in [0.717, 1.165) is 17.6 Å². The Morgan fingerprint density at radius 3 is 2.45 bits per heavy atom. The Labute approximate surface area is 150 Å². The summed E-state index contributed by atoms with van der Waals surface area (Å²) < 4.78 is 1.99. The number of nitrogens with one attached hydrogen (secondary N) is 2. The van der Waals surface area contributed by atoms with Crippen molar-refractivity contribution in [3.63, 3.8) is 0 Å². The van der Waals surface area contributed by atoms with Crippen LogP contribution in [0.5, 0.6) is 0 Å². The van der Waals surface area contributed by atoms with Crippen molar-refractivity contribution in [3.8, 4) is 0 Å². The summed E-state index contributed by atoms with van der Waals surface area (Å²) >= 11 is 0. The van der Waals surface area contributed by atoms with Gasteiger partial charge in [-0.1, -0.05) is 13.8 Å². The SMILES string of the molecule is CN=C(NCc1nnc(C)n1C)NC1CCC(C)(C)CC1.I. The van der Waals surface area contributed by atoms with Crippen molar-refractivity contribution in [2.24, 2.45) is 17.5 Å². The molecule has 0 unspecified atom stereocenters. The molecule has 7 heteroatoms. The molecular formula is C15H29IN6. The predicted octanol–water partition coefficient (Wildman–Crippen LogP) is 2.38. The summed E-state index contributed by atoms with van der Waals surface area (Å²) in [4.78, 5) is 4.31. The van der Waals surface area contributed by atoms with Gasteiger partial charge in [-0.2, -0.15) is 0 Å². The lowest BCUT2D eigenvalue weighted by Crippen LogP contribution is -2.45. The maximum Gasteiger partial charge on any atom is 0.191 e. The molecule has 2 N–H and O–H groups in total.